The Labute approximate surface area is 125 Å². The molecule has 2 rings (SSSR count). The predicted octanol–water partition coefficient (Wildman–Crippen LogP) is 3.66. The van der Waals surface area contributed by atoms with E-state index in [2.05, 4.69) is 10.2 Å². The average molecular weight is 315 g/mol. The van der Waals surface area contributed by atoms with E-state index in [9.17, 15) is 10.1 Å². The monoisotopic (exact) mass is 314 g/mol. The van der Waals surface area contributed by atoms with Crippen molar-refractivity contribution in [2.75, 3.05) is 0 Å². The van der Waals surface area contributed by atoms with Crippen molar-refractivity contribution in [2.45, 2.75) is 25.8 Å². The summed E-state index contributed by atoms with van der Waals surface area (Å²) < 4.78 is 1.77. The lowest BCUT2D eigenvalue weighted by molar-refractivity contribution is -0.384. The first kappa shape index (κ1) is 14.7. The van der Waals surface area contributed by atoms with Crippen LogP contribution in [0.4, 0.5) is 5.69 Å². The number of benzene rings is 1. The van der Waals surface area contributed by atoms with Gasteiger partial charge >= 0.3 is 0 Å². The molecule has 0 aliphatic carbocycles. The van der Waals surface area contributed by atoms with Crippen LogP contribution in [0.2, 0.25) is 5.02 Å². The Kier molecular flexibility index (Phi) is 4.57. The van der Waals surface area contributed by atoms with E-state index in [1.54, 1.807) is 10.6 Å². The Morgan fingerprint density at radius 1 is 1.40 bits per heavy atom. The first-order chi connectivity index (χ1) is 9.60. The SMILES string of the molecule is CCCn1c(CCl)nnc1-c1c(Cl)cccc1[N+](=O)[O-]. The fourth-order valence-corrected chi connectivity index (χ4v) is 2.42. The largest absolute Gasteiger partial charge is 0.310 e. The molecule has 8 heteroatoms. The van der Waals surface area contributed by atoms with Gasteiger partial charge in [-0.25, -0.2) is 0 Å². The number of hydrogen-bond donors (Lipinski definition) is 0. The first-order valence-corrected chi connectivity index (χ1v) is 6.92. The molecule has 0 aliphatic heterocycles. The Balaban J connectivity index is 2.68. The maximum Gasteiger partial charge on any atom is 0.281 e. The molecule has 0 N–H and O–H groups in total. The fraction of sp³-hybridized carbons (Fsp3) is 0.333. The molecular weight excluding hydrogens is 303 g/mol. The van der Waals surface area contributed by atoms with E-state index in [4.69, 9.17) is 23.2 Å². The summed E-state index contributed by atoms with van der Waals surface area (Å²) in [6.07, 6.45) is 0.827. The summed E-state index contributed by atoms with van der Waals surface area (Å²) in [4.78, 5) is 10.7. The fourth-order valence-electron chi connectivity index (χ4n) is 1.96. The van der Waals surface area contributed by atoms with Crippen molar-refractivity contribution >= 4 is 28.9 Å². The van der Waals surface area contributed by atoms with Crippen LogP contribution in [-0.2, 0) is 12.4 Å². The lowest BCUT2D eigenvalue weighted by Crippen LogP contribution is -2.05. The Morgan fingerprint density at radius 2 is 2.15 bits per heavy atom. The second kappa shape index (κ2) is 6.19. The molecule has 1 aromatic heterocycles. The maximum absolute atomic E-state index is 11.2. The third kappa shape index (κ3) is 2.62. The van der Waals surface area contributed by atoms with Crippen molar-refractivity contribution in [3.05, 3.63) is 39.2 Å². The highest BCUT2D eigenvalue weighted by molar-refractivity contribution is 6.33. The highest BCUT2D eigenvalue weighted by Gasteiger charge is 2.24. The van der Waals surface area contributed by atoms with Crippen LogP contribution in [0.5, 0.6) is 0 Å². The molecule has 20 heavy (non-hydrogen) atoms. The molecule has 0 fully saturated rings. The van der Waals surface area contributed by atoms with Crippen molar-refractivity contribution in [2.24, 2.45) is 0 Å². The van der Waals surface area contributed by atoms with Gasteiger partial charge < -0.3 is 4.57 Å². The number of nitro groups is 1. The first-order valence-electron chi connectivity index (χ1n) is 6.01. The van der Waals surface area contributed by atoms with E-state index in [0.29, 0.717) is 18.2 Å². The molecule has 0 spiro atoms. The highest BCUT2D eigenvalue weighted by atomic mass is 35.5. The van der Waals surface area contributed by atoms with E-state index in [-0.39, 0.29) is 22.2 Å². The van der Waals surface area contributed by atoms with Crippen LogP contribution in [0, 0.1) is 10.1 Å². The molecule has 0 saturated carbocycles. The van der Waals surface area contributed by atoms with Crippen LogP contribution in [0.15, 0.2) is 18.2 Å². The molecule has 0 aliphatic rings. The van der Waals surface area contributed by atoms with Crippen molar-refractivity contribution in [1.29, 1.82) is 0 Å². The zero-order valence-corrected chi connectivity index (χ0v) is 12.2. The number of rotatable bonds is 5. The summed E-state index contributed by atoms with van der Waals surface area (Å²) in [5, 5.41) is 19.4. The summed E-state index contributed by atoms with van der Waals surface area (Å²) >= 11 is 11.9. The van der Waals surface area contributed by atoms with E-state index < -0.39 is 4.92 Å². The van der Waals surface area contributed by atoms with E-state index >= 15 is 0 Å². The third-order valence-electron chi connectivity index (χ3n) is 2.81. The van der Waals surface area contributed by atoms with Gasteiger partial charge in [0.2, 0.25) is 0 Å². The minimum absolute atomic E-state index is 0.0941. The Morgan fingerprint density at radius 3 is 2.75 bits per heavy atom. The molecule has 1 aromatic carbocycles. The number of nitro benzene ring substituents is 1. The molecule has 106 valence electrons. The molecule has 2 aromatic rings. The highest BCUT2D eigenvalue weighted by Crippen LogP contribution is 2.35. The maximum atomic E-state index is 11.2. The van der Waals surface area contributed by atoms with E-state index in [0.717, 1.165) is 6.42 Å². The normalized spacial score (nSPS) is 10.8. The number of halogens is 2. The summed E-state index contributed by atoms with van der Waals surface area (Å²) in [5.74, 6) is 1.13. The minimum Gasteiger partial charge on any atom is -0.310 e. The second-order valence-electron chi connectivity index (χ2n) is 4.12. The van der Waals surface area contributed by atoms with Gasteiger partial charge in [0.25, 0.3) is 5.69 Å². The van der Waals surface area contributed by atoms with Gasteiger partial charge in [0, 0.05) is 12.6 Å². The zero-order valence-electron chi connectivity index (χ0n) is 10.7. The predicted molar refractivity (Wildman–Crippen MR) is 77.0 cm³/mol. The molecule has 6 nitrogen and oxygen atoms in total. The topological polar surface area (TPSA) is 73.8 Å². The van der Waals surface area contributed by atoms with Gasteiger partial charge in [-0.1, -0.05) is 24.6 Å². The Hall–Kier alpha value is -1.66. The third-order valence-corrected chi connectivity index (χ3v) is 3.36. The summed E-state index contributed by atoms with van der Waals surface area (Å²) in [7, 11) is 0. The van der Waals surface area contributed by atoms with Gasteiger partial charge in [-0.05, 0) is 12.5 Å². The lowest BCUT2D eigenvalue weighted by atomic mass is 10.1. The summed E-state index contributed by atoms with van der Waals surface area (Å²) in [5.41, 5.74) is 0.180. The molecule has 0 saturated heterocycles. The van der Waals surface area contributed by atoms with Crippen LogP contribution in [0.3, 0.4) is 0 Å². The van der Waals surface area contributed by atoms with Crippen LogP contribution in [-0.4, -0.2) is 19.7 Å². The van der Waals surface area contributed by atoms with E-state index in [1.807, 2.05) is 6.92 Å². The summed E-state index contributed by atoms with van der Waals surface area (Å²) in [6, 6.07) is 4.52. The number of nitrogens with zero attached hydrogens (tertiary/aromatic N) is 4. The molecule has 0 radical (unpaired) electrons. The van der Waals surface area contributed by atoms with Crippen molar-refractivity contribution in [3.63, 3.8) is 0 Å². The number of aromatic nitrogens is 3. The number of hydrogen-bond acceptors (Lipinski definition) is 4. The van der Waals surface area contributed by atoms with Crippen LogP contribution in [0.25, 0.3) is 11.4 Å². The van der Waals surface area contributed by atoms with Gasteiger partial charge in [-0.15, -0.1) is 21.8 Å². The molecular formula is C12H12Cl2N4O2. The second-order valence-corrected chi connectivity index (χ2v) is 4.79. The van der Waals surface area contributed by atoms with Gasteiger partial charge in [-0.3, -0.25) is 10.1 Å². The molecule has 0 amide bonds. The minimum atomic E-state index is -0.480. The van der Waals surface area contributed by atoms with Gasteiger partial charge in [0.1, 0.15) is 11.4 Å². The van der Waals surface area contributed by atoms with Crippen LogP contribution < -0.4 is 0 Å². The Bertz CT molecular complexity index is 642. The molecule has 0 atom stereocenters. The molecule has 0 bridgehead atoms. The lowest BCUT2D eigenvalue weighted by Gasteiger charge is -2.09. The number of alkyl halides is 1. The van der Waals surface area contributed by atoms with Crippen molar-refractivity contribution < 1.29 is 4.92 Å². The summed E-state index contributed by atoms with van der Waals surface area (Å²) in [6.45, 7) is 2.61. The average Bonchev–Trinajstić information content (AvgIpc) is 2.81. The van der Waals surface area contributed by atoms with Crippen molar-refractivity contribution in [1.82, 2.24) is 14.8 Å². The van der Waals surface area contributed by atoms with Crippen molar-refractivity contribution in [3.8, 4) is 11.4 Å². The molecule has 1 heterocycles. The zero-order chi connectivity index (χ0) is 14.7. The van der Waals surface area contributed by atoms with Gasteiger partial charge in [0.15, 0.2) is 5.82 Å². The van der Waals surface area contributed by atoms with Gasteiger partial charge in [-0.2, -0.15) is 0 Å². The molecule has 0 unspecified atom stereocenters. The smallest absolute Gasteiger partial charge is 0.281 e. The standard InChI is InChI=1S/C12H12Cl2N4O2/c1-2-6-17-10(7-13)15-16-12(17)11-8(14)4-3-5-9(11)18(19)20/h3-5H,2,6-7H2,1H3. The van der Waals surface area contributed by atoms with Crippen LogP contribution in [0.1, 0.15) is 19.2 Å². The van der Waals surface area contributed by atoms with E-state index in [1.165, 1.54) is 12.1 Å². The van der Waals surface area contributed by atoms with Gasteiger partial charge in [0.05, 0.1) is 15.8 Å². The quantitative estimate of drug-likeness (QED) is 0.479. The van der Waals surface area contributed by atoms with Crippen LogP contribution >= 0.6 is 23.2 Å².